The summed E-state index contributed by atoms with van der Waals surface area (Å²) >= 11 is 0. The molecule has 0 aliphatic carbocycles. The SMILES string of the molecule is CCC(C)(CC(C)(C)CSSC(C)(C)CC(C)(C)C(=O)N1CCCC1(C)COC)C(=O)C(C)C. The molecule has 1 heterocycles. The highest BCUT2D eigenvalue weighted by molar-refractivity contribution is 8.77. The van der Waals surface area contributed by atoms with Gasteiger partial charge in [0.1, 0.15) is 5.78 Å². The number of hydrogen-bond donors (Lipinski definition) is 0. The number of likely N-dealkylation sites (tertiary alicyclic amines) is 1. The second-order valence-electron chi connectivity index (χ2n) is 13.4. The topological polar surface area (TPSA) is 46.6 Å². The molecule has 200 valence electrons. The van der Waals surface area contributed by atoms with Crippen molar-refractivity contribution in [3.8, 4) is 0 Å². The molecule has 1 saturated heterocycles. The average molecular weight is 516 g/mol. The van der Waals surface area contributed by atoms with Gasteiger partial charge in [0.05, 0.1) is 12.1 Å². The third-order valence-electron chi connectivity index (χ3n) is 7.40. The van der Waals surface area contributed by atoms with E-state index in [4.69, 9.17) is 4.74 Å². The minimum absolute atomic E-state index is 0.0426. The highest BCUT2D eigenvalue weighted by atomic mass is 33.1. The fraction of sp³-hybridized carbons (Fsp3) is 0.929. The maximum atomic E-state index is 13.6. The Bertz CT molecular complexity index is 704. The number of carbonyl (C=O) groups excluding carboxylic acids is 2. The largest absolute Gasteiger partial charge is 0.382 e. The molecule has 34 heavy (non-hydrogen) atoms. The molecule has 1 amide bonds. The number of rotatable bonds is 14. The lowest BCUT2D eigenvalue weighted by molar-refractivity contribution is -0.146. The number of methoxy groups -OCH3 is 1. The van der Waals surface area contributed by atoms with E-state index in [0.29, 0.717) is 12.4 Å². The van der Waals surface area contributed by atoms with Crippen LogP contribution < -0.4 is 0 Å². The molecule has 2 atom stereocenters. The van der Waals surface area contributed by atoms with Crippen LogP contribution in [0.5, 0.6) is 0 Å². The van der Waals surface area contributed by atoms with Crippen molar-refractivity contribution < 1.29 is 14.3 Å². The second kappa shape index (κ2) is 11.9. The Kier molecular flexibility index (Phi) is 11.1. The third-order valence-corrected chi connectivity index (χ3v) is 11.1. The Morgan fingerprint density at radius 3 is 2.15 bits per heavy atom. The smallest absolute Gasteiger partial charge is 0.228 e. The minimum atomic E-state index is -0.434. The van der Waals surface area contributed by atoms with E-state index in [-0.39, 0.29) is 32.9 Å². The molecule has 0 radical (unpaired) electrons. The molecular weight excluding hydrogens is 462 g/mol. The summed E-state index contributed by atoms with van der Waals surface area (Å²) in [6, 6.07) is 0. The number of Topliss-reactive ketones (excluding diaryl/α,β-unsaturated/α-hetero) is 1. The zero-order valence-electron chi connectivity index (χ0n) is 24.2. The van der Waals surface area contributed by atoms with Gasteiger partial charge < -0.3 is 9.64 Å². The second-order valence-corrected chi connectivity index (χ2v) is 16.4. The molecule has 0 spiro atoms. The normalized spacial score (nSPS) is 21.7. The molecule has 1 rings (SSSR count). The summed E-state index contributed by atoms with van der Waals surface area (Å²) in [5.41, 5.74) is -0.835. The summed E-state index contributed by atoms with van der Waals surface area (Å²) in [4.78, 5) is 28.5. The van der Waals surface area contributed by atoms with Gasteiger partial charge in [-0.3, -0.25) is 9.59 Å². The van der Waals surface area contributed by atoms with Crippen molar-refractivity contribution >= 4 is 33.3 Å². The Morgan fingerprint density at radius 2 is 1.65 bits per heavy atom. The zero-order valence-corrected chi connectivity index (χ0v) is 25.9. The molecule has 0 saturated carbocycles. The van der Waals surface area contributed by atoms with Crippen molar-refractivity contribution in [2.24, 2.45) is 22.2 Å². The lowest BCUT2D eigenvalue weighted by atomic mass is 9.68. The van der Waals surface area contributed by atoms with Gasteiger partial charge in [-0.15, -0.1) is 0 Å². The van der Waals surface area contributed by atoms with Crippen LogP contribution in [-0.2, 0) is 14.3 Å². The highest BCUT2D eigenvalue weighted by Gasteiger charge is 2.46. The van der Waals surface area contributed by atoms with Gasteiger partial charge in [0.15, 0.2) is 0 Å². The lowest BCUT2D eigenvalue weighted by Crippen LogP contribution is -2.53. The maximum Gasteiger partial charge on any atom is 0.228 e. The first kappa shape index (κ1) is 31.8. The summed E-state index contributed by atoms with van der Waals surface area (Å²) in [5, 5.41) is 0. The number of nitrogens with zero attached hydrogens (tertiary/aromatic N) is 1. The fourth-order valence-electron chi connectivity index (χ4n) is 5.90. The van der Waals surface area contributed by atoms with Gasteiger partial charge in [-0.2, -0.15) is 0 Å². The summed E-state index contributed by atoms with van der Waals surface area (Å²) in [5.74, 6) is 1.68. The molecule has 0 aromatic heterocycles. The van der Waals surface area contributed by atoms with Crippen molar-refractivity contribution in [1.29, 1.82) is 0 Å². The quantitative estimate of drug-likeness (QED) is 0.222. The van der Waals surface area contributed by atoms with Gasteiger partial charge in [-0.1, -0.05) is 77.0 Å². The predicted octanol–water partition coefficient (Wildman–Crippen LogP) is 7.65. The van der Waals surface area contributed by atoms with Crippen molar-refractivity contribution in [3.05, 3.63) is 0 Å². The molecule has 2 unspecified atom stereocenters. The number of ketones is 1. The van der Waals surface area contributed by atoms with E-state index < -0.39 is 5.41 Å². The summed E-state index contributed by atoms with van der Waals surface area (Å²) in [6.07, 6.45) is 4.64. The van der Waals surface area contributed by atoms with Gasteiger partial charge in [0.2, 0.25) is 5.91 Å². The summed E-state index contributed by atoms with van der Waals surface area (Å²) < 4.78 is 5.41. The van der Waals surface area contributed by atoms with Gasteiger partial charge >= 0.3 is 0 Å². The monoisotopic (exact) mass is 515 g/mol. The Balaban J connectivity index is 2.76. The minimum Gasteiger partial charge on any atom is -0.382 e. The van der Waals surface area contributed by atoms with E-state index in [1.807, 2.05) is 35.4 Å². The van der Waals surface area contributed by atoms with Crippen LogP contribution in [0.15, 0.2) is 0 Å². The van der Waals surface area contributed by atoms with Gasteiger partial charge in [-0.05, 0) is 58.3 Å². The van der Waals surface area contributed by atoms with Crippen LogP contribution in [-0.4, -0.2) is 52.9 Å². The first-order valence-corrected chi connectivity index (χ1v) is 15.3. The van der Waals surface area contributed by atoms with E-state index in [0.717, 1.165) is 44.4 Å². The molecule has 0 aromatic carbocycles. The van der Waals surface area contributed by atoms with Crippen molar-refractivity contribution in [3.63, 3.8) is 0 Å². The third kappa shape index (κ3) is 8.44. The number of ether oxygens (including phenoxy) is 1. The molecule has 0 N–H and O–H groups in total. The standard InChI is InChI=1S/C28H53NO3S2/c1-13-27(10,22(30)21(2)3)17-24(4,5)20-33-34-26(8,9)18-25(6,7)23(31)29-16-14-15-28(29,11)19-32-12/h21H,13-20H2,1-12H3. The van der Waals surface area contributed by atoms with Crippen molar-refractivity contribution in [1.82, 2.24) is 4.90 Å². The van der Waals surface area contributed by atoms with Gasteiger partial charge in [-0.25, -0.2) is 0 Å². The van der Waals surface area contributed by atoms with Crippen LogP contribution in [0.3, 0.4) is 0 Å². The van der Waals surface area contributed by atoms with Crippen LogP contribution in [0.2, 0.25) is 0 Å². The van der Waals surface area contributed by atoms with Gasteiger partial charge in [0.25, 0.3) is 0 Å². The Labute approximate surface area is 218 Å². The fourth-order valence-corrected chi connectivity index (χ4v) is 9.39. The molecule has 4 nitrogen and oxygen atoms in total. The van der Waals surface area contributed by atoms with E-state index in [2.05, 4.69) is 67.2 Å². The predicted molar refractivity (Wildman–Crippen MR) is 150 cm³/mol. The molecule has 1 fully saturated rings. The van der Waals surface area contributed by atoms with Gasteiger partial charge in [0, 0.05) is 40.9 Å². The van der Waals surface area contributed by atoms with E-state index in [9.17, 15) is 9.59 Å². The number of amides is 1. The van der Waals surface area contributed by atoms with E-state index >= 15 is 0 Å². The Hall–Kier alpha value is -0.200. The molecular formula is C28H53NO3S2. The average Bonchev–Trinajstić information content (AvgIpc) is 3.06. The van der Waals surface area contributed by atoms with Crippen LogP contribution >= 0.6 is 21.6 Å². The van der Waals surface area contributed by atoms with Crippen molar-refractivity contribution in [2.45, 2.75) is 119 Å². The molecule has 6 heteroatoms. The lowest BCUT2D eigenvalue weighted by Gasteiger charge is -2.42. The zero-order chi connectivity index (χ0) is 26.6. The number of carbonyl (C=O) groups is 2. The van der Waals surface area contributed by atoms with E-state index in [1.165, 1.54) is 0 Å². The molecule has 1 aliphatic heterocycles. The van der Waals surface area contributed by atoms with Crippen molar-refractivity contribution in [2.75, 3.05) is 26.0 Å². The van der Waals surface area contributed by atoms with Crippen LogP contribution in [0.25, 0.3) is 0 Å². The summed E-state index contributed by atoms with van der Waals surface area (Å²) in [6.45, 7) is 25.2. The highest BCUT2D eigenvalue weighted by Crippen LogP contribution is 2.48. The first-order chi connectivity index (χ1) is 15.3. The maximum absolute atomic E-state index is 13.6. The number of hydrogen-bond acceptors (Lipinski definition) is 5. The van der Waals surface area contributed by atoms with Crippen LogP contribution in [0.4, 0.5) is 0 Å². The first-order valence-electron chi connectivity index (χ1n) is 13.0. The molecule has 0 aromatic rings. The van der Waals surface area contributed by atoms with Crippen LogP contribution in [0.1, 0.15) is 108 Å². The Morgan fingerprint density at radius 1 is 1.06 bits per heavy atom. The molecule has 1 aliphatic rings. The van der Waals surface area contributed by atoms with Crippen LogP contribution in [0, 0.1) is 22.2 Å². The summed E-state index contributed by atoms with van der Waals surface area (Å²) in [7, 11) is 5.50. The van der Waals surface area contributed by atoms with E-state index in [1.54, 1.807) is 7.11 Å². The molecule has 0 bridgehead atoms.